The van der Waals surface area contributed by atoms with Gasteiger partial charge in [-0.25, -0.2) is 0 Å². The van der Waals surface area contributed by atoms with E-state index in [4.69, 9.17) is 18.5 Å². The van der Waals surface area contributed by atoms with Crippen LogP contribution in [0.3, 0.4) is 0 Å². The summed E-state index contributed by atoms with van der Waals surface area (Å²) in [4.78, 5) is 25.0. The van der Waals surface area contributed by atoms with Gasteiger partial charge in [0.15, 0.2) is 0 Å². The number of allylic oxidation sites excluding steroid dienone is 12. The highest BCUT2D eigenvalue weighted by Crippen LogP contribution is 2.38. The van der Waals surface area contributed by atoms with Gasteiger partial charge in [-0.1, -0.05) is 151 Å². The van der Waals surface area contributed by atoms with Crippen LogP contribution >= 0.6 is 7.82 Å². The van der Waals surface area contributed by atoms with Crippen LogP contribution in [0, 0.1) is 0 Å². The first-order chi connectivity index (χ1) is 27.6. The maximum absolute atomic E-state index is 12.7. The lowest BCUT2D eigenvalue weighted by molar-refractivity contribution is -0.870. The van der Waals surface area contributed by atoms with Crippen molar-refractivity contribution in [2.45, 2.75) is 174 Å². The lowest BCUT2D eigenvalue weighted by Crippen LogP contribution is -2.37. The Balaban J connectivity index is 4.27. The Morgan fingerprint density at radius 2 is 1.02 bits per heavy atom. The fourth-order valence-electron chi connectivity index (χ4n) is 5.74. The van der Waals surface area contributed by atoms with Crippen LogP contribution in [0.1, 0.15) is 168 Å². The third kappa shape index (κ3) is 44.9. The van der Waals surface area contributed by atoms with Crippen LogP contribution in [0.4, 0.5) is 0 Å². The molecule has 0 aromatic carbocycles. The van der Waals surface area contributed by atoms with Gasteiger partial charge in [0.2, 0.25) is 0 Å². The molecule has 2 atom stereocenters. The van der Waals surface area contributed by atoms with Gasteiger partial charge in [0.1, 0.15) is 19.3 Å². The molecule has 0 aromatic heterocycles. The molecule has 0 aliphatic heterocycles. The number of ether oxygens (including phenoxy) is 2. The van der Waals surface area contributed by atoms with Crippen molar-refractivity contribution in [2.24, 2.45) is 0 Å². The topological polar surface area (TPSA) is 94.1 Å². The highest BCUT2D eigenvalue weighted by molar-refractivity contribution is 7.45. The first-order valence-electron chi connectivity index (χ1n) is 22.7. The van der Waals surface area contributed by atoms with Crippen LogP contribution in [-0.2, 0) is 27.9 Å². The van der Waals surface area contributed by atoms with Crippen molar-refractivity contribution in [2.75, 3.05) is 54.1 Å². The molecule has 0 amide bonds. The highest BCUT2D eigenvalue weighted by atomic mass is 31.2. The Labute approximate surface area is 351 Å². The molecule has 0 aromatic rings. The Kier molecular flexibility index (Phi) is 39.2. The molecule has 8 nitrogen and oxygen atoms in total. The van der Waals surface area contributed by atoms with Crippen LogP contribution in [-0.4, -0.2) is 70.7 Å². The number of nitrogens with zero attached hydrogens (tertiary/aromatic N) is 1. The molecular formula is C48H86NO7P. The van der Waals surface area contributed by atoms with Gasteiger partial charge in [-0.2, -0.15) is 0 Å². The van der Waals surface area contributed by atoms with Gasteiger partial charge in [-0.3, -0.25) is 9.36 Å². The number of esters is 1. The normalized spacial score (nSPS) is 14.4. The number of carbonyl (C=O) groups is 1. The predicted octanol–water partition coefficient (Wildman–Crippen LogP) is 12.9. The zero-order valence-electron chi connectivity index (χ0n) is 37.3. The summed E-state index contributed by atoms with van der Waals surface area (Å²) in [5.41, 5.74) is 0. The van der Waals surface area contributed by atoms with Crippen molar-refractivity contribution < 1.29 is 37.3 Å². The van der Waals surface area contributed by atoms with E-state index in [0.29, 0.717) is 24.1 Å². The summed E-state index contributed by atoms with van der Waals surface area (Å²) in [6.45, 7) is 5.19. The van der Waals surface area contributed by atoms with Crippen molar-refractivity contribution in [1.29, 1.82) is 0 Å². The quantitative estimate of drug-likeness (QED) is 0.0199. The summed E-state index contributed by atoms with van der Waals surface area (Å²) in [5, 5.41) is 0. The number of hydrogen-bond acceptors (Lipinski definition) is 7. The van der Waals surface area contributed by atoms with E-state index in [1.165, 1.54) is 83.5 Å². The summed E-state index contributed by atoms with van der Waals surface area (Å²) in [6, 6.07) is 0. The Bertz CT molecular complexity index is 1140. The molecule has 0 bridgehead atoms. The number of hydrogen-bond donors (Lipinski definition) is 0. The molecule has 0 saturated heterocycles. The van der Waals surface area contributed by atoms with Gasteiger partial charge >= 0.3 is 5.97 Å². The van der Waals surface area contributed by atoms with Crippen molar-refractivity contribution in [1.82, 2.24) is 0 Å². The minimum Gasteiger partial charge on any atom is -0.756 e. The second-order valence-corrected chi connectivity index (χ2v) is 17.4. The van der Waals surface area contributed by atoms with Crippen LogP contribution < -0.4 is 4.89 Å². The van der Waals surface area contributed by atoms with Gasteiger partial charge < -0.3 is 27.9 Å². The zero-order valence-corrected chi connectivity index (χ0v) is 38.2. The van der Waals surface area contributed by atoms with Crippen LogP contribution in [0.2, 0.25) is 0 Å². The fraction of sp³-hybridized carbons (Fsp3) is 0.729. The number of rotatable bonds is 41. The van der Waals surface area contributed by atoms with Gasteiger partial charge in [-0.05, 0) is 83.5 Å². The fourth-order valence-corrected chi connectivity index (χ4v) is 6.47. The molecule has 9 heteroatoms. The molecule has 0 radical (unpaired) electrons. The molecule has 2 unspecified atom stereocenters. The Morgan fingerprint density at radius 1 is 0.561 bits per heavy atom. The summed E-state index contributed by atoms with van der Waals surface area (Å²) in [5.74, 6) is -0.377. The maximum atomic E-state index is 12.7. The molecule has 0 N–H and O–H groups in total. The Morgan fingerprint density at radius 3 is 1.53 bits per heavy atom. The van der Waals surface area contributed by atoms with E-state index < -0.39 is 13.9 Å². The number of quaternary nitrogens is 1. The van der Waals surface area contributed by atoms with Gasteiger partial charge in [0, 0.05) is 13.0 Å². The van der Waals surface area contributed by atoms with Gasteiger partial charge in [-0.15, -0.1) is 0 Å². The highest BCUT2D eigenvalue weighted by Gasteiger charge is 2.20. The summed E-state index contributed by atoms with van der Waals surface area (Å²) >= 11 is 0. The third-order valence-corrected chi connectivity index (χ3v) is 10.2. The van der Waals surface area contributed by atoms with Crippen molar-refractivity contribution >= 4 is 13.8 Å². The van der Waals surface area contributed by atoms with E-state index in [2.05, 4.69) is 86.8 Å². The van der Waals surface area contributed by atoms with Crippen LogP contribution in [0.15, 0.2) is 72.9 Å². The van der Waals surface area contributed by atoms with Crippen molar-refractivity contribution in [3.63, 3.8) is 0 Å². The average molecular weight is 820 g/mol. The van der Waals surface area contributed by atoms with E-state index in [9.17, 15) is 14.3 Å². The monoisotopic (exact) mass is 820 g/mol. The predicted molar refractivity (Wildman–Crippen MR) is 240 cm³/mol. The molecular weight excluding hydrogens is 734 g/mol. The third-order valence-electron chi connectivity index (χ3n) is 9.24. The molecule has 0 saturated carbocycles. The molecule has 0 rings (SSSR count). The first kappa shape index (κ1) is 54.9. The number of unbranched alkanes of at least 4 members (excludes halogenated alkanes) is 15. The smallest absolute Gasteiger partial charge is 0.306 e. The van der Waals surface area contributed by atoms with Crippen LogP contribution in [0.5, 0.6) is 0 Å². The molecule has 0 heterocycles. The lowest BCUT2D eigenvalue weighted by atomic mass is 10.1. The zero-order chi connectivity index (χ0) is 42.0. The van der Waals surface area contributed by atoms with E-state index >= 15 is 0 Å². The average Bonchev–Trinajstić information content (AvgIpc) is 3.16. The maximum Gasteiger partial charge on any atom is 0.306 e. The van der Waals surface area contributed by atoms with E-state index in [-0.39, 0.29) is 32.2 Å². The molecule has 0 spiro atoms. The number of phosphoric acid groups is 1. The van der Waals surface area contributed by atoms with Gasteiger partial charge in [0.05, 0.1) is 34.4 Å². The molecule has 57 heavy (non-hydrogen) atoms. The largest absolute Gasteiger partial charge is 0.756 e. The number of likely N-dealkylation sites (N-methyl/N-ethyl adjacent to an activating group) is 1. The first-order valence-corrected chi connectivity index (χ1v) is 24.1. The van der Waals surface area contributed by atoms with Gasteiger partial charge in [0.25, 0.3) is 7.82 Å². The van der Waals surface area contributed by atoms with E-state index in [0.717, 1.165) is 57.8 Å². The van der Waals surface area contributed by atoms with Crippen molar-refractivity contribution in [3.8, 4) is 0 Å². The number of carbonyl (C=O) groups excluding carboxylic acids is 1. The van der Waals surface area contributed by atoms with Crippen LogP contribution in [0.25, 0.3) is 0 Å². The lowest BCUT2D eigenvalue weighted by Gasteiger charge is -2.28. The second-order valence-electron chi connectivity index (χ2n) is 16.0. The van der Waals surface area contributed by atoms with Crippen molar-refractivity contribution in [3.05, 3.63) is 72.9 Å². The molecule has 0 aliphatic rings. The minimum atomic E-state index is -4.54. The number of phosphoric ester groups is 1. The second kappa shape index (κ2) is 40.7. The summed E-state index contributed by atoms with van der Waals surface area (Å²) < 4.78 is 34.6. The van der Waals surface area contributed by atoms with E-state index in [1.807, 2.05) is 21.1 Å². The summed E-state index contributed by atoms with van der Waals surface area (Å²) in [7, 11) is 1.32. The molecule has 0 aliphatic carbocycles. The standard InChI is InChI=1S/C48H86NO7P/c1-6-8-10-12-14-16-18-20-22-23-24-25-26-28-30-32-34-36-38-40-43-53-45-47(46-55-57(51,52)54-44-42-49(3,4)5)56-48(50)41-39-37-35-33-31-29-27-21-19-17-15-13-11-9-7-2/h9,11,14-17,20-22,27,31,33,47H,6-8,10,12-13,18-19,23-26,28-30,32,34-46H2,1-5H3/b11-9-,16-14-,17-15-,22-20-,27-21-,33-31-. The molecule has 0 fully saturated rings. The molecule has 330 valence electrons. The van der Waals surface area contributed by atoms with E-state index in [1.54, 1.807) is 0 Å². The SMILES string of the molecule is CC/C=C\C/C=C\C/C=C\C/C=C\CCCCC(=O)OC(COCCCCCCCCCCCC/C=C\C/C=C\CCCCC)COP(=O)([O-])OCC[N+](C)(C)C. The minimum absolute atomic E-state index is 0.0140. The Hall–Kier alpha value is -2.06. The summed E-state index contributed by atoms with van der Waals surface area (Å²) in [6.07, 6.45) is 52.1.